The molecule has 1 saturated heterocycles. The fraction of sp³-hybridized carbons (Fsp3) is 0.289. The molecule has 1 aliphatic rings. The molecule has 0 unspecified atom stereocenters. The number of hydrogen-bond acceptors (Lipinski definition) is 4. The average molecular weight is 696 g/mol. The minimum atomic E-state index is -0.424. The van der Waals surface area contributed by atoms with Crippen LogP contribution in [-0.2, 0) is 27.3 Å². The first kappa shape index (κ1) is 36.2. The maximum atomic E-state index is 13.1. The summed E-state index contributed by atoms with van der Waals surface area (Å²) >= 11 is 1.82. The Hall–Kier alpha value is -4.65. The first-order valence-electron chi connectivity index (χ1n) is 18.3. The van der Waals surface area contributed by atoms with Crippen molar-refractivity contribution < 1.29 is 9.59 Å². The second-order valence-corrected chi connectivity index (χ2v) is 14.6. The van der Waals surface area contributed by atoms with Crippen molar-refractivity contribution in [3.05, 3.63) is 173 Å². The van der Waals surface area contributed by atoms with Crippen LogP contribution in [0.3, 0.4) is 0 Å². The number of hydrogen-bond donors (Lipinski definition) is 1. The number of benzene rings is 5. The van der Waals surface area contributed by atoms with E-state index < -0.39 is 4.75 Å². The predicted octanol–water partition coefficient (Wildman–Crippen LogP) is 8.87. The van der Waals surface area contributed by atoms with Crippen LogP contribution in [0, 0.1) is 0 Å². The van der Waals surface area contributed by atoms with Crippen LogP contribution in [0.15, 0.2) is 146 Å². The lowest BCUT2D eigenvalue weighted by atomic mass is 9.84. The summed E-state index contributed by atoms with van der Waals surface area (Å²) in [5.41, 5.74) is 7.03. The first-order chi connectivity index (χ1) is 25.1. The summed E-state index contributed by atoms with van der Waals surface area (Å²) in [5.74, 6) is 0.940. The highest BCUT2D eigenvalue weighted by Crippen LogP contribution is 2.48. The Balaban J connectivity index is 0.980. The van der Waals surface area contributed by atoms with E-state index in [4.69, 9.17) is 0 Å². The SMILES string of the molecule is CCC(=O)N(c1ccccc1)C1CCN(CCc2ccc(CNC(=O)CCSC(c3ccccc3)(c3ccccc3)c3ccccc3)cc2)CC1. The summed E-state index contributed by atoms with van der Waals surface area (Å²) in [6, 6.07) is 50.9. The lowest BCUT2D eigenvalue weighted by Gasteiger charge is -2.38. The molecule has 0 radical (unpaired) electrons. The highest BCUT2D eigenvalue weighted by Gasteiger charge is 2.37. The van der Waals surface area contributed by atoms with Gasteiger partial charge in [0, 0.05) is 56.5 Å². The van der Waals surface area contributed by atoms with Gasteiger partial charge in [0.05, 0.1) is 4.75 Å². The molecule has 51 heavy (non-hydrogen) atoms. The maximum Gasteiger partial charge on any atom is 0.226 e. The highest BCUT2D eigenvalue weighted by molar-refractivity contribution is 8.00. The zero-order valence-corrected chi connectivity index (χ0v) is 30.4. The largest absolute Gasteiger partial charge is 0.352 e. The molecule has 0 bridgehead atoms. The van der Waals surface area contributed by atoms with E-state index in [1.54, 1.807) is 0 Å². The second-order valence-electron chi connectivity index (χ2n) is 13.2. The Morgan fingerprint density at radius 3 is 1.71 bits per heavy atom. The van der Waals surface area contributed by atoms with Crippen molar-refractivity contribution in [3.63, 3.8) is 0 Å². The molecule has 262 valence electrons. The summed E-state index contributed by atoms with van der Waals surface area (Å²) in [6.07, 6.45) is 3.92. The molecule has 6 heteroatoms. The number of rotatable bonds is 15. The minimum absolute atomic E-state index is 0.0598. The van der Waals surface area contributed by atoms with Crippen molar-refractivity contribution in [2.45, 2.75) is 56.4 Å². The molecule has 6 rings (SSSR count). The quantitative estimate of drug-likeness (QED) is 0.111. The van der Waals surface area contributed by atoms with Crippen molar-refractivity contribution >= 4 is 29.3 Å². The van der Waals surface area contributed by atoms with E-state index in [9.17, 15) is 9.59 Å². The fourth-order valence-corrected chi connectivity index (χ4v) is 8.69. The lowest BCUT2D eigenvalue weighted by molar-refractivity contribution is -0.121. The van der Waals surface area contributed by atoms with Crippen LogP contribution in [-0.4, -0.2) is 48.1 Å². The Kier molecular flexibility index (Phi) is 12.8. The molecule has 5 aromatic carbocycles. The van der Waals surface area contributed by atoms with Crippen molar-refractivity contribution in [1.82, 2.24) is 10.2 Å². The van der Waals surface area contributed by atoms with Crippen LogP contribution >= 0.6 is 11.8 Å². The second kappa shape index (κ2) is 18.0. The van der Waals surface area contributed by atoms with E-state index >= 15 is 0 Å². The third-order valence-electron chi connectivity index (χ3n) is 9.95. The van der Waals surface area contributed by atoms with Gasteiger partial charge in [0.15, 0.2) is 0 Å². The molecule has 1 fully saturated rings. The van der Waals surface area contributed by atoms with Gasteiger partial charge in [-0.3, -0.25) is 9.59 Å². The molecular formula is C45H49N3O2S. The number of carbonyl (C=O) groups is 2. The van der Waals surface area contributed by atoms with Gasteiger partial charge in [0.1, 0.15) is 0 Å². The third kappa shape index (κ3) is 9.18. The number of likely N-dealkylation sites (tertiary alicyclic amines) is 1. The van der Waals surface area contributed by atoms with Gasteiger partial charge in [-0.25, -0.2) is 0 Å². The molecule has 5 aromatic rings. The van der Waals surface area contributed by atoms with Gasteiger partial charge < -0.3 is 15.1 Å². The zero-order valence-electron chi connectivity index (χ0n) is 29.6. The van der Waals surface area contributed by atoms with Crippen molar-refractivity contribution in [2.75, 3.05) is 30.3 Å². The van der Waals surface area contributed by atoms with Gasteiger partial charge in [-0.05, 0) is 59.2 Å². The van der Waals surface area contributed by atoms with Crippen LogP contribution in [0.2, 0.25) is 0 Å². The number of para-hydroxylation sites is 1. The Morgan fingerprint density at radius 1 is 0.706 bits per heavy atom. The summed E-state index contributed by atoms with van der Waals surface area (Å²) in [7, 11) is 0. The van der Waals surface area contributed by atoms with Gasteiger partial charge in [-0.15, -0.1) is 11.8 Å². The molecule has 0 atom stereocenters. The zero-order chi connectivity index (χ0) is 35.3. The minimum Gasteiger partial charge on any atom is -0.352 e. The lowest BCUT2D eigenvalue weighted by Crippen LogP contribution is -2.47. The molecule has 0 aliphatic carbocycles. The fourth-order valence-electron chi connectivity index (χ4n) is 7.18. The number of thioether (sulfide) groups is 1. The molecule has 1 heterocycles. The molecule has 0 aromatic heterocycles. The topological polar surface area (TPSA) is 52.7 Å². The van der Waals surface area contributed by atoms with E-state index in [2.05, 4.69) is 125 Å². The molecule has 2 amide bonds. The van der Waals surface area contributed by atoms with Crippen LogP contribution in [0.25, 0.3) is 0 Å². The number of anilines is 1. The number of nitrogens with zero attached hydrogens (tertiary/aromatic N) is 2. The average Bonchev–Trinajstić information content (AvgIpc) is 3.20. The summed E-state index contributed by atoms with van der Waals surface area (Å²) in [5, 5.41) is 3.16. The highest BCUT2D eigenvalue weighted by atomic mass is 32.2. The van der Waals surface area contributed by atoms with E-state index in [-0.39, 0.29) is 17.9 Å². The van der Waals surface area contributed by atoms with Crippen LogP contribution in [0.5, 0.6) is 0 Å². The number of carbonyl (C=O) groups excluding carboxylic acids is 2. The van der Waals surface area contributed by atoms with Crippen LogP contribution in [0.1, 0.15) is 60.4 Å². The molecule has 5 nitrogen and oxygen atoms in total. The van der Waals surface area contributed by atoms with Crippen LogP contribution < -0.4 is 10.2 Å². The van der Waals surface area contributed by atoms with E-state index in [1.807, 2.05) is 53.9 Å². The van der Waals surface area contributed by atoms with Crippen molar-refractivity contribution in [3.8, 4) is 0 Å². The summed E-state index contributed by atoms with van der Waals surface area (Å²) in [4.78, 5) is 30.5. The van der Waals surface area contributed by atoms with Gasteiger partial charge in [0.25, 0.3) is 0 Å². The molecular weight excluding hydrogens is 647 g/mol. The Labute approximate surface area is 308 Å². The number of nitrogens with one attached hydrogen (secondary N) is 1. The molecule has 1 N–H and O–H groups in total. The maximum absolute atomic E-state index is 13.1. The predicted molar refractivity (Wildman–Crippen MR) is 212 cm³/mol. The van der Waals surface area contributed by atoms with E-state index in [0.29, 0.717) is 25.1 Å². The van der Waals surface area contributed by atoms with Gasteiger partial charge in [-0.2, -0.15) is 0 Å². The molecule has 1 aliphatic heterocycles. The smallest absolute Gasteiger partial charge is 0.226 e. The number of piperidine rings is 1. The Bertz CT molecular complexity index is 1700. The van der Waals surface area contributed by atoms with Gasteiger partial charge in [-0.1, -0.05) is 140 Å². The van der Waals surface area contributed by atoms with E-state index in [1.165, 1.54) is 22.3 Å². The number of amides is 2. The first-order valence-corrected chi connectivity index (χ1v) is 19.3. The molecule has 0 spiro atoms. The summed E-state index contributed by atoms with van der Waals surface area (Å²) in [6.45, 7) is 5.46. The van der Waals surface area contributed by atoms with Crippen molar-refractivity contribution in [2.24, 2.45) is 0 Å². The third-order valence-corrected chi connectivity index (χ3v) is 11.5. The molecule has 0 saturated carbocycles. The standard InChI is InChI=1S/C45H49N3O2S/c1-2-44(50)48(41-21-13-6-14-22-41)42-28-32-47(33-29-42)31-27-36-23-25-37(26-24-36)35-46-43(49)30-34-51-45(38-15-7-3-8-16-38,39-17-9-4-10-18-39)40-19-11-5-12-20-40/h3-26,42H,2,27-35H2,1H3,(H,46,49). The normalized spacial score (nSPS) is 13.8. The Morgan fingerprint density at radius 2 is 1.20 bits per heavy atom. The van der Waals surface area contributed by atoms with E-state index in [0.717, 1.165) is 50.1 Å². The van der Waals surface area contributed by atoms with Crippen molar-refractivity contribution in [1.29, 1.82) is 0 Å². The van der Waals surface area contributed by atoms with Gasteiger partial charge in [0.2, 0.25) is 11.8 Å². The van der Waals surface area contributed by atoms with Crippen LogP contribution in [0.4, 0.5) is 5.69 Å². The monoisotopic (exact) mass is 695 g/mol. The van der Waals surface area contributed by atoms with Gasteiger partial charge >= 0.3 is 0 Å². The summed E-state index contributed by atoms with van der Waals surface area (Å²) < 4.78 is -0.424.